The van der Waals surface area contributed by atoms with Gasteiger partial charge >= 0.3 is 64.8 Å². The summed E-state index contributed by atoms with van der Waals surface area (Å²) in [6.07, 6.45) is -1.88. The molecule has 2 N–H and O–H groups in total. The van der Waals surface area contributed by atoms with Gasteiger partial charge in [0.2, 0.25) is 0 Å². The number of aromatic amines is 1. The number of aromatic nitrogens is 2. The van der Waals surface area contributed by atoms with E-state index in [2.05, 4.69) is 4.52 Å². The van der Waals surface area contributed by atoms with Crippen LogP contribution in [-0.4, -0.2) is 33.5 Å². The number of nitrogens with one attached hydrogen (secondary N) is 1. The summed E-state index contributed by atoms with van der Waals surface area (Å²) in [6.45, 7) is -0.639. The van der Waals surface area contributed by atoms with Crippen molar-refractivity contribution < 1.29 is 87.8 Å². The monoisotopic (exact) mass is 352 g/mol. The molecule has 1 aromatic heterocycles. The second-order valence-electron chi connectivity index (χ2n) is 4.19. The molecule has 2 heterocycles. The maximum atomic E-state index is 11.5. The normalized spacial score (nSPS) is 24.4. The molecule has 0 bridgehead atoms. The zero-order valence-electron chi connectivity index (χ0n) is 12.0. The third-order valence-electron chi connectivity index (χ3n) is 2.76. The van der Waals surface area contributed by atoms with E-state index in [0.717, 1.165) is 10.6 Å². The molecule has 10 nitrogen and oxygen atoms in total. The molecule has 112 valence electrons. The van der Waals surface area contributed by atoms with Crippen LogP contribution in [0.3, 0.4) is 0 Å². The Morgan fingerprint density at radius 2 is 2.09 bits per heavy atom. The Labute approximate surface area is 168 Å². The molecule has 3 atom stereocenters. The number of phosphoric ester groups is 1. The van der Waals surface area contributed by atoms with E-state index in [4.69, 9.17) is 4.74 Å². The number of hydrogen-bond donors (Lipinski definition) is 2. The van der Waals surface area contributed by atoms with Crippen LogP contribution in [0.15, 0.2) is 21.9 Å². The zero-order valence-corrected chi connectivity index (χ0v) is 16.9. The largest absolute Gasteiger partial charge is 1.00 e. The van der Waals surface area contributed by atoms with Gasteiger partial charge in [0.15, 0.2) is 0 Å². The van der Waals surface area contributed by atoms with Gasteiger partial charge in [0.1, 0.15) is 12.3 Å². The van der Waals surface area contributed by atoms with Crippen LogP contribution in [0, 0.1) is 0 Å². The predicted molar refractivity (Wildman–Crippen MR) is 59.4 cm³/mol. The first-order valence-electron chi connectivity index (χ1n) is 5.58. The molecule has 0 saturated carbocycles. The van der Waals surface area contributed by atoms with Gasteiger partial charge in [0, 0.05) is 18.7 Å². The number of phosphoric acid groups is 1. The minimum Gasteiger partial charge on any atom is -0.790 e. The fourth-order valence-electron chi connectivity index (χ4n) is 1.85. The van der Waals surface area contributed by atoms with Gasteiger partial charge in [-0.25, -0.2) is 4.79 Å². The van der Waals surface area contributed by atoms with Crippen molar-refractivity contribution in [3.05, 3.63) is 33.1 Å². The van der Waals surface area contributed by atoms with Crippen LogP contribution in [0.5, 0.6) is 0 Å². The van der Waals surface area contributed by atoms with Gasteiger partial charge in [-0.1, -0.05) is 0 Å². The maximum Gasteiger partial charge on any atom is 1.00 e. The Bertz CT molecular complexity index is 643. The number of aliphatic hydroxyl groups is 1. The van der Waals surface area contributed by atoms with Gasteiger partial charge in [0.25, 0.3) is 5.56 Å². The number of rotatable bonds is 4. The smallest absolute Gasteiger partial charge is 0.790 e. The first-order chi connectivity index (χ1) is 9.26. The van der Waals surface area contributed by atoms with Crippen molar-refractivity contribution >= 4 is 7.82 Å². The van der Waals surface area contributed by atoms with E-state index >= 15 is 0 Å². The molecular formula is C9H11N2Na2O8P. The van der Waals surface area contributed by atoms with E-state index in [0.29, 0.717) is 0 Å². The van der Waals surface area contributed by atoms with E-state index in [1.165, 1.54) is 6.20 Å². The summed E-state index contributed by atoms with van der Waals surface area (Å²) >= 11 is 0. The fraction of sp³-hybridized carbons (Fsp3) is 0.556. The average Bonchev–Trinajstić information content (AvgIpc) is 2.67. The number of aliphatic hydroxyl groups excluding tert-OH is 1. The van der Waals surface area contributed by atoms with E-state index in [1.807, 2.05) is 4.98 Å². The maximum absolute atomic E-state index is 11.5. The molecule has 0 radical (unpaired) electrons. The fourth-order valence-corrected chi connectivity index (χ4v) is 2.18. The number of nitrogens with zero attached hydrogens (tertiary/aromatic N) is 1. The van der Waals surface area contributed by atoms with Crippen molar-refractivity contribution in [2.45, 2.75) is 24.9 Å². The van der Waals surface area contributed by atoms with Crippen LogP contribution in [0.4, 0.5) is 0 Å². The van der Waals surface area contributed by atoms with Gasteiger partial charge in [-0.05, 0) is 0 Å². The minimum absolute atomic E-state index is 0. The molecule has 1 aliphatic heterocycles. The predicted octanol–water partition coefficient (Wildman–Crippen LogP) is -8.96. The summed E-state index contributed by atoms with van der Waals surface area (Å²) in [7, 11) is -5.16. The van der Waals surface area contributed by atoms with E-state index in [1.54, 1.807) is 0 Å². The van der Waals surface area contributed by atoms with Crippen LogP contribution >= 0.6 is 7.82 Å². The van der Waals surface area contributed by atoms with E-state index in [-0.39, 0.29) is 65.5 Å². The first-order valence-corrected chi connectivity index (χ1v) is 7.04. The van der Waals surface area contributed by atoms with E-state index in [9.17, 15) is 29.0 Å². The summed E-state index contributed by atoms with van der Waals surface area (Å²) in [6, 6.07) is 1.10. The second-order valence-corrected chi connectivity index (χ2v) is 5.35. The van der Waals surface area contributed by atoms with Crippen molar-refractivity contribution in [3.63, 3.8) is 0 Å². The van der Waals surface area contributed by atoms with Gasteiger partial charge in [-0.3, -0.25) is 14.3 Å². The Balaban J connectivity index is 0.00000220. The van der Waals surface area contributed by atoms with Crippen molar-refractivity contribution in [1.82, 2.24) is 9.55 Å². The molecular weight excluding hydrogens is 341 g/mol. The third kappa shape index (κ3) is 6.31. The summed E-state index contributed by atoms with van der Waals surface area (Å²) in [5.74, 6) is 0. The molecule has 1 fully saturated rings. The van der Waals surface area contributed by atoms with Crippen LogP contribution in [-0.2, 0) is 13.8 Å². The van der Waals surface area contributed by atoms with Crippen molar-refractivity contribution in [3.8, 4) is 0 Å². The second kappa shape index (κ2) is 9.26. The number of H-pyrrole nitrogens is 1. The standard InChI is InChI=1S/C9H13N2O8P.2Na/c12-5-3-8(11-2-1-7(13)10-9(11)14)19-6(5)4-18-20(15,16)17;;/h1-2,5-6,8,12H,3-4H2,(H,10,13,14)(H2,15,16,17);;/q;2*+1/p-2/t5-,6-,8+;;/m0../s1. The van der Waals surface area contributed by atoms with Crippen molar-refractivity contribution in [2.24, 2.45) is 0 Å². The molecule has 0 aliphatic carbocycles. The van der Waals surface area contributed by atoms with Gasteiger partial charge in [-0.2, -0.15) is 0 Å². The Hall–Kier alpha value is 0.710. The molecule has 0 aromatic carbocycles. The Morgan fingerprint density at radius 1 is 1.45 bits per heavy atom. The number of ether oxygens (including phenoxy) is 1. The van der Waals surface area contributed by atoms with Gasteiger partial charge in [0.05, 0.1) is 20.5 Å². The first kappa shape index (κ1) is 22.7. The summed E-state index contributed by atoms with van der Waals surface area (Å²) < 4.78 is 20.7. The molecule has 0 spiro atoms. The van der Waals surface area contributed by atoms with Crippen LogP contribution in [0.1, 0.15) is 12.6 Å². The Morgan fingerprint density at radius 3 is 2.64 bits per heavy atom. The summed E-state index contributed by atoms with van der Waals surface area (Å²) in [5, 5.41) is 9.68. The topological polar surface area (TPSA) is 157 Å². The summed E-state index contributed by atoms with van der Waals surface area (Å²) in [5.41, 5.74) is -1.31. The zero-order chi connectivity index (χ0) is 14.9. The van der Waals surface area contributed by atoms with Crippen LogP contribution < -0.4 is 80.2 Å². The van der Waals surface area contributed by atoms with Crippen LogP contribution in [0.25, 0.3) is 0 Å². The molecule has 1 aromatic rings. The third-order valence-corrected chi connectivity index (χ3v) is 3.23. The van der Waals surface area contributed by atoms with Crippen molar-refractivity contribution in [1.29, 1.82) is 0 Å². The van der Waals surface area contributed by atoms with Gasteiger partial charge < -0.3 is 28.7 Å². The molecule has 22 heavy (non-hydrogen) atoms. The molecule has 13 heteroatoms. The Kier molecular flexibility index (Phi) is 9.56. The minimum atomic E-state index is -5.16. The number of hydrogen-bond acceptors (Lipinski definition) is 8. The van der Waals surface area contributed by atoms with E-state index < -0.39 is 44.1 Å². The molecule has 0 amide bonds. The van der Waals surface area contributed by atoms with Crippen molar-refractivity contribution in [2.75, 3.05) is 6.61 Å². The molecule has 2 rings (SSSR count). The molecule has 1 saturated heterocycles. The average molecular weight is 352 g/mol. The SMILES string of the molecule is O=c1ccn([C@H]2C[C@H](O)[C@H](COP(=O)([O-])[O-])O2)c(=O)[nH]1.[Na+].[Na+]. The van der Waals surface area contributed by atoms with Gasteiger partial charge in [-0.15, -0.1) is 0 Å². The van der Waals surface area contributed by atoms with Crippen LogP contribution in [0.2, 0.25) is 0 Å². The molecule has 0 unspecified atom stereocenters. The molecule has 1 aliphatic rings. The quantitative estimate of drug-likeness (QED) is 0.399. The summed E-state index contributed by atoms with van der Waals surface area (Å²) in [4.78, 5) is 45.2.